The van der Waals surface area contributed by atoms with Crippen molar-refractivity contribution in [2.45, 2.75) is 19.5 Å². The molecule has 1 aromatic rings. The maximum Gasteiger partial charge on any atom is 0.419 e. The van der Waals surface area contributed by atoms with Crippen molar-refractivity contribution in [1.29, 1.82) is 0 Å². The summed E-state index contributed by atoms with van der Waals surface area (Å²) in [7, 11) is 0. The Morgan fingerprint density at radius 3 is 2.71 bits per heavy atom. The molecule has 0 aliphatic carbocycles. The second-order valence-corrected chi connectivity index (χ2v) is 5.49. The van der Waals surface area contributed by atoms with E-state index < -0.39 is 11.7 Å². The van der Waals surface area contributed by atoms with Crippen LogP contribution in [0.2, 0.25) is 0 Å². The van der Waals surface area contributed by atoms with Crippen LogP contribution in [0.1, 0.15) is 24.5 Å². The summed E-state index contributed by atoms with van der Waals surface area (Å²) in [4.78, 5) is 0. The molecule has 8 heteroatoms. The molecule has 0 radical (unpaired) electrons. The molecule has 0 aromatic heterocycles. The second-order valence-electron chi connectivity index (χ2n) is 4.09. The molecule has 0 saturated heterocycles. The van der Waals surface area contributed by atoms with Crippen LogP contribution in [0.25, 0.3) is 0 Å². The standard InChI is InChI=1S/C13H17F3N2O2S/c1-2-21-7-3-6-20-11-5-4-9(12(17)18-19)8-10(11)13(14,15)16/h4-5,8,19H,2-3,6-7H2,1H3,(H2,17,18). The van der Waals surface area contributed by atoms with E-state index in [9.17, 15) is 13.2 Å². The van der Waals surface area contributed by atoms with Crippen molar-refractivity contribution in [2.75, 3.05) is 18.1 Å². The third-order valence-electron chi connectivity index (χ3n) is 2.58. The van der Waals surface area contributed by atoms with Gasteiger partial charge in [-0.2, -0.15) is 24.9 Å². The molecule has 0 heterocycles. The summed E-state index contributed by atoms with van der Waals surface area (Å²) < 4.78 is 44.2. The Bertz CT molecular complexity index is 493. The summed E-state index contributed by atoms with van der Waals surface area (Å²) in [6.45, 7) is 2.22. The maximum atomic E-state index is 13.0. The Hall–Kier alpha value is -1.57. The summed E-state index contributed by atoms with van der Waals surface area (Å²) in [6.07, 6.45) is -3.91. The number of nitrogens with two attached hydrogens (primary N) is 1. The molecule has 0 bridgehead atoms. The van der Waals surface area contributed by atoms with Gasteiger partial charge in [-0.3, -0.25) is 0 Å². The summed E-state index contributed by atoms with van der Waals surface area (Å²) >= 11 is 1.70. The summed E-state index contributed by atoms with van der Waals surface area (Å²) in [5.74, 6) is 1.16. The highest BCUT2D eigenvalue weighted by atomic mass is 32.2. The first-order valence-corrected chi connectivity index (χ1v) is 7.45. The van der Waals surface area contributed by atoms with Gasteiger partial charge in [0.05, 0.1) is 12.2 Å². The van der Waals surface area contributed by atoms with Crippen molar-refractivity contribution in [3.05, 3.63) is 29.3 Å². The first-order chi connectivity index (χ1) is 9.90. The molecule has 1 aromatic carbocycles. The monoisotopic (exact) mass is 322 g/mol. The maximum absolute atomic E-state index is 13.0. The highest BCUT2D eigenvalue weighted by Gasteiger charge is 2.35. The van der Waals surface area contributed by atoms with Crippen LogP contribution in [-0.2, 0) is 6.18 Å². The van der Waals surface area contributed by atoms with Crippen molar-refractivity contribution in [3.63, 3.8) is 0 Å². The van der Waals surface area contributed by atoms with Gasteiger partial charge in [-0.25, -0.2) is 0 Å². The molecule has 4 nitrogen and oxygen atoms in total. The van der Waals surface area contributed by atoms with E-state index in [4.69, 9.17) is 15.7 Å². The molecule has 0 aliphatic heterocycles. The third-order valence-corrected chi connectivity index (χ3v) is 3.57. The molecule has 0 unspecified atom stereocenters. The first kappa shape index (κ1) is 17.5. The predicted molar refractivity (Wildman–Crippen MR) is 77.1 cm³/mol. The summed E-state index contributed by atoms with van der Waals surface area (Å²) in [5, 5.41) is 11.2. The van der Waals surface area contributed by atoms with Gasteiger partial charge < -0.3 is 15.7 Å². The van der Waals surface area contributed by atoms with Crippen molar-refractivity contribution < 1.29 is 23.1 Å². The molecule has 21 heavy (non-hydrogen) atoms. The van der Waals surface area contributed by atoms with Gasteiger partial charge in [-0.15, -0.1) is 0 Å². The number of oxime groups is 1. The van der Waals surface area contributed by atoms with Gasteiger partial charge in [0.2, 0.25) is 0 Å². The lowest BCUT2D eigenvalue weighted by Gasteiger charge is -2.15. The highest BCUT2D eigenvalue weighted by molar-refractivity contribution is 7.99. The third kappa shape index (κ3) is 5.37. The van der Waals surface area contributed by atoms with E-state index in [1.54, 1.807) is 11.8 Å². The lowest BCUT2D eigenvalue weighted by atomic mass is 10.1. The zero-order valence-corrected chi connectivity index (χ0v) is 12.3. The number of hydrogen-bond donors (Lipinski definition) is 2. The number of thioether (sulfide) groups is 1. The zero-order valence-electron chi connectivity index (χ0n) is 11.5. The Labute approximate surface area is 125 Å². The molecule has 3 N–H and O–H groups in total. The minimum Gasteiger partial charge on any atom is -0.493 e. The molecule has 0 aliphatic rings. The summed E-state index contributed by atoms with van der Waals surface area (Å²) in [6, 6.07) is 3.31. The van der Waals surface area contributed by atoms with Gasteiger partial charge >= 0.3 is 6.18 Å². The topological polar surface area (TPSA) is 67.8 Å². The molecular weight excluding hydrogens is 305 g/mol. The highest BCUT2D eigenvalue weighted by Crippen LogP contribution is 2.36. The number of amidine groups is 1. The van der Waals surface area contributed by atoms with Gasteiger partial charge in [0.1, 0.15) is 5.75 Å². The smallest absolute Gasteiger partial charge is 0.419 e. The molecule has 0 fully saturated rings. The molecule has 0 atom stereocenters. The lowest BCUT2D eigenvalue weighted by Crippen LogP contribution is -2.16. The molecule has 1 rings (SSSR count). The number of nitrogens with zero attached hydrogens (tertiary/aromatic N) is 1. The van der Waals surface area contributed by atoms with Crippen molar-refractivity contribution in [3.8, 4) is 5.75 Å². The van der Waals surface area contributed by atoms with Crippen molar-refractivity contribution in [1.82, 2.24) is 0 Å². The van der Waals surface area contributed by atoms with Gasteiger partial charge in [0, 0.05) is 5.56 Å². The fraction of sp³-hybridized carbons (Fsp3) is 0.462. The number of rotatable bonds is 7. The average molecular weight is 322 g/mol. The normalized spacial score (nSPS) is 12.5. The minimum atomic E-state index is -4.57. The van der Waals surface area contributed by atoms with Crippen LogP contribution >= 0.6 is 11.8 Å². The van der Waals surface area contributed by atoms with Crippen molar-refractivity contribution in [2.24, 2.45) is 10.9 Å². The number of alkyl halides is 3. The number of halogens is 3. The second kappa shape index (κ2) is 8.02. The SMILES string of the molecule is CCSCCCOc1ccc(/C(N)=N/O)cc1C(F)(F)F. The van der Waals surface area contributed by atoms with E-state index in [1.165, 1.54) is 12.1 Å². The quantitative estimate of drug-likeness (QED) is 0.266. The van der Waals surface area contributed by atoms with Crippen LogP contribution < -0.4 is 10.5 Å². The zero-order chi connectivity index (χ0) is 15.9. The fourth-order valence-electron chi connectivity index (χ4n) is 1.58. The van der Waals surface area contributed by atoms with Crippen LogP contribution in [0.3, 0.4) is 0 Å². The number of ether oxygens (including phenoxy) is 1. The van der Waals surface area contributed by atoms with Crippen molar-refractivity contribution >= 4 is 17.6 Å². The van der Waals surface area contributed by atoms with Gasteiger partial charge in [-0.1, -0.05) is 12.1 Å². The van der Waals surface area contributed by atoms with E-state index in [0.29, 0.717) is 6.42 Å². The minimum absolute atomic E-state index is 0.0151. The van der Waals surface area contributed by atoms with Crippen LogP contribution in [0.15, 0.2) is 23.4 Å². The molecule has 0 spiro atoms. The Kier molecular flexibility index (Phi) is 6.67. The first-order valence-electron chi connectivity index (χ1n) is 6.29. The van der Waals surface area contributed by atoms with E-state index in [1.807, 2.05) is 6.92 Å². The molecule has 118 valence electrons. The van der Waals surface area contributed by atoms with Gasteiger partial charge in [0.15, 0.2) is 5.84 Å². The van der Waals surface area contributed by atoms with Gasteiger partial charge in [-0.05, 0) is 36.1 Å². The molecular formula is C13H17F3N2O2S. The number of benzene rings is 1. The summed E-state index contributed by atoms with van der Waals surface area (Å²) in [5.41, 5.74) is 4.35. The Morgan fingerprint density at radius 2 is 2.14 bits per heavy atom. The molecule has 0 amide bonds. The largest absolute Gasteiger partial charge is 0.493 e. The number of hydrogen-bond acceptors (Lipinski definition) is 4. The van der Waals surface area contributed by atoms with Crippen LogP contribution in [0, 0.1) is 0 Å². The Morgan fingerprint density at radius 1 is 1.43 bits per heavy atom. The van der Waals surface area contributed by atoms with E-state index in [2.05, 4.69) is 5.16 Å². The molecule has 0 saturated carbocycles. The fourth-order valence-corrected chi connectivity index (χ4v) is 2.19. The predicted octanol–water partition coefficient (Wildman–Crippen LogP) is 3.32. The van der Waals surface area contributed by atoms with E-state index >= 15 is 0 Å². The van der Waals surface area contributed by atoms with E-state index in [0.717, 1.165) is 17.6 Å². The van der Waals surface area contributed by atoms with Crippen LogP contribution in [0.5, 0.6) is 5.75 Å². The average Bonchev–Trinajstić information content (AvgIpc) is 2.45. The van der Waals surface area contributed by atoms with Crippen LogP contribution in [0.4, 0.5) is 13.2 Å². The Balaban J connectivity index is 2.88. The van der Waals surface area contributed by atoms with Crippen LogP contribution in [-0.4, -0.2) is 29.2 Å². The lowest BCUT2D eigenvalue weighted by molar-refractivity contribution is -0.138. The van der Waals surface area contributed by atoms with E-state index in [-0.39, 0.29) is 23.8 Å². The van der Waals surface area contributed by atoms with Gasteiger partial charge in [0.25, 0.3) is 0 Å².